The Hall–Kier alpha value is -0.703. The van der Waals surface area contributed by atoms with Crippen LogP contribution in [0.25, 0.3) is 0 Å². The van der Waals surface area contributed by atoms with Gasteiger partial charge in [0.05, 0.1) is 12.5 Å². The summed E-state index contributed by atoms with van der Waals surface area (Å²) in [6.07, 6.45) is 12.1. The molecule has 0 rings (SSSR count). The fourth-order valence-electron chi connectivity index (χ4n) is 0.921. The lowest BCUT2D eigenvalue weighted by Gasteiger charge is -2.19. The van der Waals surface area contributed by atoms with E-state index in [0.29, 0.717) is 0 Å². The average Bonchev–Trinajstić information content (AvgIpc) is 2.20. The van der Waals surface area contributed by atoms with E-state index in [-0.39, 0.29) is 0 Å². The summed E-state index contributed by atoms with van der Waals surface area (Å²) in [5.41, 5.74) is 0. The lowest BCUT2D eigenvalue weighted by Crippen LogP contribution is -2.30. The first-order valence-corrected chi connectivity index (χ1v) is 8.59. The van der Waals surface area contributed by atoms with Gasteiger partial charge in [-0.2, -0.15) is 0 Å². The van der Waals surface area contributed by atoms with Gasteiger partial charge in [0.2, 0.25) is 0 Å². The Kier molecular flexibility index (Phi) is 8.19. The van der Waals surface area contributed by atoms with Gasteiger partial charge in [-0.1, -0.05) is 38.8 Å². The molecule has 0 aromatic rings. The maximum atomic E-state index is 5.60. The Labute approximate surface area is 95.2 Å². The summed E-state index contributed by atoms with van der Waals surface area (Å²) in [7, 11) is -1.98. The van der Waals surface area contributed by atoms with Gasteiger partial charge >= 0.3 is 8.56 Å². The molecule has 0 aliphatic heterocycles. The van der Waals surface area contributed by atoms with Crippen molar-refractivity contribution in [3.63, 3.8) is 0 Å². The molecule has 0 unspecified atom stereocenters. The summed E-state index contributed by atoms with van der Waals surface area (Å²) < 4.78 is 11.2. The zero-order valence-electron chi connectivity index (χ0n) is 10.5. The smallest absolute Gasteiger partial charge is 0.453 e. The average molecular weight is 228 g/mol. The van der Waals surface area contributed by atoms with E-state index in [1.807, 2.05) is 25.2 Å². The van der Waals surface area contributed by atoms with Crippen LogP contribution in [0, 0.1) is 0 Å². The van der Waals surface area contributed by atoms with E-state index in [1.165, 1.54) is 0 Å². The largest absolute Gasteiger partial charge is 0.519 e. The summed E-state index contributed by atoms with van der Waals surface area (Å²) in [5, 5.41) is 0. The highest BCUT2D eigenvalue weighted by molar-refractivity contribution is 6.64. The van der Waals surface area contributed by atoms with Crippen LogP contribution in [0.5, 0.6) is 0 Å². The molecule has 3 heteroatoms. The minimum absolute atomic E-state index is 1.07. The van der Waals surface area contributed by atoms with Crippen LogP contribution < -0.4 is 0 Å². The molecule has 0 aliphatic carbocycles. The molecule has 0 aromatic carbocycles. The van der Waals surface area contributed by atoms with Gasteiger partial charge in [0, 0.05) is 13.1 Å². The van der Waals surface area contributed by atoms with Crippen molar-refractivity contribution in [2.45, 2.75) is 52.6 Å². The van der Waals surface area contributed by atoms with Gasteiger partial charge in [0.1, 0.15) is 0 Å². The minimum atomic E-state index is -1.98. The molecule has 88 valence electrons. The van der Waals surface area contributed by atoms with Crippen LogP contribution in [-0.2, 0) is 8.85 Å². The second kappa shape index (κ2) is 8.59. The van der Waals surface area contributed by atoms with Crippen molar-refractivity contribution in [3.8, 4) is 0 Å². The second-order valence-corrected chi connectivity index (χ2v) is 7.23. The molecule has 0 radical (unpaired) electrons. The Morgan fingerprint density at radius 2 is 1.27 bits per heavy atom. The first kappa shape index (κ1) is 14.3. The molecule has 0 spiro atoms. The van der Waals surface area contributed by atoms with Crippen LogP contribution in [0.2, 0.25) is 13.1 Å². The normalized spacial score (nSPS) is 12.5. The molecule has 0 saturated carbocycles. The lowest BCUT2D eigenvalue weighted by molar-refractivity contribution is 0.318. The predicted octanol–water partition coefficient (Wildman–Crippen LogP) is 4.35. The Morgan fingerprint density at radius 1 is 0.867 bits per heavy atom. The number of hydrogen-bond acceptors (Lipinski definition) is 2. The maximum absolute atomic E-state index is 5.60. The highest BCUT2D eigenvalue weighted by Gasteiger charge is 2.25. The molecule has 0 fully saturated rings. The predicted molar refractivity (Wildman–Crippen MR) is 67.7 cm³/mol. The van der Waals surface area contributed by atoms with Gasteiger partial charge in [-0.05, 0) is 12.8 Å². The van der Waals surface area contributed by atoms with E-state index in [9.17, 15) is 0 Å². The van der Waals surface area contributed by atoms with Gasteiger partial charge in [-0.15, -0.1) is 0 Å². The van der Waals surface area contributed by atoms with E-state index in [4.69, 9.17) is 8.85 Å². The third-order valence-corrected chi connectivity index (χ3v) is 3.21. The Balaban J connectivity index is 3.75. The standard InChI is InChI=1S/C12H24O2Si/c1-5-7-9-11-13-15(3,4)14-12-10-8-6-2/h9-12H,5-8H2,1-4H3/b11-9-,12-10-. The zero-order chi connectivity index (χ0) is 11.6. The van der Waals surface area contributed by atoms with Gasteiger partial charge < -0.3 is 8.85 Å². The summed E-state index contributed by atoms with van der Waals surface area (Å²) in [6, 6.07) is 0. The van der Waals surface area contributed by atoms with Crippen LogP contribution in [0.1, 0.15) is 39.5 Å². The Morgan fingerprint density at radius 3 is 1.60 bits per heavy atom. The quantitative estimate of drug-likeness (QED) is 0.454. The van der Waals surface area contributed by atoms with Crippen LogP contribution in [0.4, 0.5) is 0 Å². The highest BCUT2D eigenvalue weighted by atomic mass is 28.4. The molecular weight excluding hydrogens is 204 g/mol. The van der Waals surface area contributed by atoms with Crippen molar-refractivity contribution in [1.29, 1.82) is 0 Å². The van der Waals surface area contributed by atoms with Gasteiger partial charge in [-0.25, -0.2) is 0 Å². The molecule has 15 heavy (non-hydrogen) atoms. The molecule has 0 N–H and O–H groups in total. The lowest BCUT2D eigenvalue weighted by atomic mass is 10.3. The van der Waals surface area contributed by atoms with Gasteiger partial charge in [-0.3, -0.25) is 0 Å². The van der Waals surface area contributed by atoms with Crippen molar-refractivity contribution in [1.82, 2.24) is 0 Å². The molecule has 0 bridgehead atoms. The van der Waals surface area contributed by atoms with Crippen LogP contribution in [-0.4, -0.2) is 8.56 Å². The third-order valence-electron chi connectivity index (χ3n) is 1.81. The highest BCUT2D eigenvalue weighted by Crippen LogP contribution is 2.08. The first-order chi connectivity index (χ1) is 7.12. The van der Waals surface area contributed by atoms with E-state index in [0.717, 1.165) is 25.7 Å². The molecule has 2 nitrogen and oxygen atoms in total. The summed E-state index contributed by atoms with van der Waals surface area (Å²) in [6.45, 7) is 8.38. The fraction of sp³-hybridized carbons (Fsp3) is 0.667. The Bertz CT molecular complexity index is 178. The first-order valence-electron chi connectivity index (χ1n) is 5.78. The molecule has 0 saturated heterocycles. The van der Waals surface area contributed by atoms with Crippen LogP contribution in [0.3, 0.4) is 0 Å². The summed E-state index contributed by atoms with van der Waals surface area (Å²) in [5.74, 6) is 0. The molecule has 0 aromatic heterocycles. The topological polar surface area (TPSA) is 18.5 Å². The van der Waals surface area contributed by atoms with E-state index in [1.54, 1.807) is 12.5 Å². The minimum Gasteiger partial charge on any atom is -0.519 e. The molecule has 0 heterocycles. The van der Waals surface area contributed by atoms with Crippen molar-refractivity contribution in [2.24, 2.45) is 0 Å². The van der Waals surface area contributed by atoms with Gasteiger partial charge in [0.25, 0.3) is 0 Å². The van der Waals surface area contributed by atoms with Crippen LogP contribution in [0.15, 0.2) is 24.7 Å². The van der Waals surface area contributed by atoms with Crippen molar-refractivity contribution in [3.05, 3.63) is 24.7 Å². The van der Waals surface area contributed by atoms with Crippen LogP contribution >= 0.6 is 0 Å². The van der Waals surface area contributed by atoms with E-state index in [2.05, 4.69) is 13.8 Å². The zero-order valence-corrected chi connectivity index (χ0v) is 11.5. The third kappa shape index (κ3) is 9.60. The SMILES string of the molecule is CCC/C=C\O[Si](C)(C)O/C=C\CCC. The molecule has 0 atom stereocenters. The molecular formula is C12H24O2Si. The molecule has 0 aliphatic rings. The van der Waals surface area contributed by atoms with Gasteiger partial charge in [0.15, 0.2) is 0 Å². The maximum Gasteiger partial charge on any atom is 0.453 e. The van der Waals surface area contributed by atoms with Crippen molar-refractivity contribution < 1.29 is 8.85 Å². The second-order valence-electron chi connectivity index (χ2n) is 3.96. The fourth-order valence-corrected chi connectivity index (χ4v) is 1.82. The van der Waals surface area contributed by atoms with E-state index < -0.39 is 8.56 Å². The monoisotopic (exact) mass is 228 g/mol. The number of hydrogen-bond donors (Lipinski definition) is 0. The van der Waals surface area contributed by atoms with Crippen molar-refractivity contribution >= 4 is 8.56 Å². The van der Waals surface area contributed by atoms with Crippen molar-refractivity contribution in [2.75, 3.05) is 0 Å². The summed E-state index contributed by atoms with van der Waals surface area (Å²) in [4.78, 5) is 0. The van der Waals surface area contributed by atoms with E-state index >= 15 is 0 Å². The number of rotatable bonds is 8. The number of unbranched alkanes of at least 4 members (excludes halogenated alkanes) is 2. The summed E-state index contributed by atoms with van der Waals surface area (Å²) >= 11 is 0. The molecule has 0 amide bonds. The number of allylic oxidation sites excluding steroid dienone is 2.